The van der Waals surface area contributed by atoms with Gasteiger partial charge in [-0.1, -0.05) is 32.9 Å². The molecule has 3 rings (SSSR count). The van der Waals surface area contributed by atoms with Crippen LogP contribution >= 0.6 is 0 Å². The van der Waals surface area contributed by atoms with Gasteiger partial charge in [-0.3, -0.25) is 4.79 Å². The number of rotatable bonds is 6. The Hall–Kier alpha value is -0.870. The number of hydrogen-bond donors (Lipinski definition) is 2. The van der Waals surface area contributed by atoms with Crippen LogP contribution in [0.5, 0.6) is 0 Å². The molecule has 3 saturated carbocycles. The molecule has 0 aromatic carbocycles. The largest absolute Gasteiger partial charge is 0.393 e. The Morgan fingerprint density at radius 1 is 1.29 bits per heavy atom. The highest BCUT2D eigenvalue weighted by Crippen LogP contribution is 2.69. The van der Waals surface area contributed by atoms with E-state index in [0.717, 1.165) is 44.9 Å². The van der Waals surface area contributed by atoms with Crippen molar-refractivity contribution in [2.24, 2.45) is 33.8 Å². The number of allylic oxidation sites excluding steroid dienone is 1. The van der Waals surface area contributed by atoms with Crippen molar-refractivity contribution in [3.8, 4) is 0 Å². The zero-order chi connectivity index (χ0) is 20.7. The quantitative estimate of drug-likeness (QED) is 0.650. The fourth-order valence-corrected chi connectivity index (χ4v) is 7.62. The molecule has 0 saturated heterocycles. The molecule has 0 aliphatic heterocycles. The van der Waals surface area contributed by atoms with Crippen LogP contribution in [0.25, 0.3) is 0 Å². The van der Waals surface area contributed by atoms with Crippen molar-refractivity contribution in [3.63, 3.8) is 0 Å². The van der Waals surface area contributed by atoms with Crippen LogP contribution in [0.2, 0.25) is 0 Å². The van der Waals surface area contributed by atoms with E-state index >= 15 is 0 Å². The van der Waals surface area contributed by atoms with Crippen LogP contribution in [-0.4, -0.2) is 30.3 Å². The predicted molar refractivity (Wildman–Crippen MR) is 113 cm³/mol. The lowest BCUT2D eigenvalue weighted by atomic mass is 9.46. The van der Waals surface area contributed by atoms with E-state index in [2.05, 4.69) is 27.4 Å². The lowest BCUT2D eigenvalue weighted by Gasteiger charge is -2.61. The molecule has 0 spiro atoms. The maximum atomic E-state index is 11.5. The average molecular weight is 392 g/mol. The Bertz CT molecular complexity index is 619. The Morgan fingerprint density at radius 3 is 2.61 bits per heavy atom. The first-order valence-electron chi connectivity index (χ1n) is 11.3. The summed E-state index contributed by atoms with van der Waals surface area (Å²) in [6.07, 6.45) is 9.44. The normalized spacial score (nSPS) is 46.4. The molecule has 0 radical (unpaired) electrons. The van der Waals surface area contributed by atoms with Crippen molar-refractivity contribution in [1.82, 2.24) is 0 Å². The number of aliphatic hydroxyl groups excluding tert-OH is 1. The molecule has 3 fully saturated rings. The second kappa shape index (κ2) is 7.75. The fraction of sp³-hybridized carbons (Fsp3) is 0.875. The number of ether oxygens (including phenoxy) is 1. The van der Waals surface area contributed by atoms with Crippen LogP contribution in [0.3, 0.4) is 0 Å². The summed E-state index contributed by atoms with van der Waals surface area (Å²) in [6, 6.07) is 0. The number of aliphatic hydroxyl groups is 1. The third kappa shape index (κ3) is 3.15. The second-order valence-corrected chi connectivity index (χ2v) is 10.4. The smallest absolute Gasteiger partial charge is 0.217 e. The molecule has 7 unspecified atom stereocenters. The second-order valence-electron chi connectivity index (χ2n) is 10.4. The summed E-state index contributed by atoms with van der Waals surface area (Å²) in [5.41, 5.74) is 7.26. The van der Waals surface area contributed by atoms with Crippen LogP contribution in [0, 0.1) is 28.1 Å². The van der Waals surface area contributed by atoms with Gasteiger partial charge in [-0.25, -0.2) is 0 Å². The zero-order valence-electron chi connectivity index (χ0n) is 18.4. The fourth-order valence-electron chi connectivity index (χ4n) is 7.62. The molecule has 160 valence electrons. The van der Waals surface area contributed by atoms with E-state index in [9.17, 15) is 9.90 Å². The van der Waals surface area contributed by atoms with Gasteiger partial charge in [-0.15, -0.1) is 0 Å². The number of hydrogen-bond acceptors (Lipinski definition) is 3. The van der Waals surface area contributed by atoms with Gasteiger partial charge in [-0.05, 0) is 80.5 Å². The first-order valence-corrected chi connectivity index (χ1v) is 11.3. The molecule has 4 heteroatoms. The Morgan fingerprint density at radius 2 is 2.00 bits per heavy atom. The molecule has 0 bridgehead atoms. The molecule has 1 amide bonds. The Labute approximate surface area is 171 Å². The van der Waals surface area contributed by atoms with Crippen LogP contribution in [0.1, 0.15) is 85.0 Å². The molecule has 3 aliphatic rings. The van der Waals surface area contributed by atoms with E-state index in [-0.39, 0.29) is 34.4 Å². The zero-order valence-corrected chi connectivity index (χ0v) is 18.4. The van der Waals surface area contributed by atoms with E-state index in [1.54, 1.807) is 0 Å². The van der Waals surface area contributed by atoms with E-state index in [1.165, 1.54) is 18.4 Å². The first-order chi connectivity index (χ1) is 13.1. The number of carbonyl (C=O) groups excluding carboxylic acids is 1. The van der Waals surface area contributed by atoms with Crippen molar-refractivity contribution < 1.29 is 14.6 Å². The van der Waals surface area contributed by atoms with Gasteiger partial charge in [-0.2, -0.15) is 0 Å². The third-order valence-electron chi connectivity index (χ3n) is 9.59. The van der Waals surface area contributed by atoms with Gasteiger partial charge >= 0.3 is 0 Å². The van der Waals surface area contributed by atoms with E-state index in [1.807, 2.05) is 7.11 Å². The van der Waals surface area contributed by atoms with Crippen LogP contribution in [0.15, 0.2) is 12.2 Å². The number of primary amides is 1. The van der Waals surface area contributed by atoms with Crippen molar-refractivity contribution in [2.45, 2.75) is 97.2 Å². The standard InChI is InChI=1S/C24H41NO3/c1-6-24-14-9-16(2)23(24,4)13-11-19(21(24)28-5)22(3)12-10-18(26)15-17(22)7-8-20(25)27/h17-19,21,26H,2,6-15H2,1,3-5H3,(H2,25,27). The number of carbonyl (C=O) groups is 1. The monoisotopic (exact) mass is 391 g/mol. The summed E-state index contributed by atoms with van der Waals surface area (Å²) < 4.78 is 6.35. The summed E-state index contributed by atoms with van der Waals surface area (Å²) >= 11 is 0. The summed E-state index contributed by atoms with van der Waals surface area (Å²) in [5, 5.41) is 10.4. The molecule has 0 heterocycles. The highest BCUT2D eigenvalue weighted by atomic mass is 16.5. The minimum absolute atomic E-state index is 0.0722. The minimum atomic E-state index is -0.257. The van der Waals surface area contributed by atoms with Crippen LogP contribution < -0.4 is 5.73 Å². The highest BCUT2D eigenvalue weighted by Gasteiger charge is 2.64. The Balaban J connectivity index is 1.96. The van der Waals surface area contributed by atoms with Crippen molar-refractivity contribution in [1.29, 1.82) is 0 Å². The average Bonchev–Trinajstić information content (AvgIpc) is 2.93. The van der Waals surface area contributed by atoms with Gasteiger partial charge in [0.2, 0.25) is 5.91 Å². The van der Waals surface area contributed by atoms with Gasteiger partial charge in [0.15, 0.2) is 0 Å². The van der Waals surface area contributed by atoms with Crippen LogP contribution in [-0.2, 0) is 9.53 Å². The number of nitrogens with two attached hydrogens (primary N) is 1. The molecule has 3 N–H and O–H groups in total. The molecule has 0 aromatic heterocycles. The van der Waals surface area contributed by atoms with Gasteiger partial charge in [0.05, 0.1) is 12.2 Å². The molecule has 4 nitrogen and oxygen atoms in total. The van der Waals surface area contributed by atoms with Crippen molar-refractivity contribution >= 4 is 5.91 Å². The molecule has 28 heavy (non-hydrogen) atoms. The molecular weight excluding hydrogens is 350 g/mol. The topological polar surface area (TPSA) is 72.6 Å². The first kappa shape index (κ1) is 21.8. The number of amides is 1. The predicted octanol–water partition coefficient (Wildman–Crippen LogP) is 4.60. The highest BCUT2D eigenvalue weighted by molar-refractivity contribution is 5.73. The van der Waals surface area contributed by atoms with Crippen molar-refractivity contribution in [3.05, 3.63) is 12.2 Å². The van der Waals surface area contributed by atoms with Crippen LogP contribution in [0.4, 0.5) is 0 Å². The summed E-state index contributed by atoms with van der Waals surface area (Å²) in [5.74, 6) is 0.523. The van der Waals surface area contributed by atoms with Gasteiger partial charge in [0.25, 0.3) is 0 Å². The number of fused-ring (bicyclic) bond motifs is 1. The van der Waals surface area contributed by atoms with E-state index < -0.39 is 0 Å². The lowest BCUT2D eigenvalue weighted by Crippen LogP contribution is -2.58. The molecule has 7 atom stereocenters. The third-order valence-corrected chi connectivity index (χ3v) is 9.59. The number of methoxy groups -OCH3 is 1. The summed E-state index contributed by atoms with van der Waals surface area (Å²) in [7, 11) is 1.89. The summed E-state index contributed by atoms with van der Waals surface area (Å²) in [4.78, 5) is 11.5. The molecule has 0 aromatic rings. The molecule has 3 aliphatic carbocycles. The van der Waals surface area contributed by atoms with E-state index in [4.69, 9.17) is 10.5 Å². The van der Waals surface area contributed by atoms with Gasteiger partial charge in [0.1, 0.15) is 0 Å². The lowest BCUT2D eigenvalue weighted by molar-refractivity contribution is -0.178. The minimum Gasteiger partial charge on any atom is -0.393 e. The van der Waals surface area contributed by atoms with Gasteiger partial charge in [0, 0.05) is 18.9 Å². The maximum Gasteiger partial charge on any atom is 0.217 e. The van der Waals surface area contributed by atoms with Gasteiger partial charge < -0.3 is 15.6 Å². The van der Waals surface area contributed by atoms with E-state index in [0.29, 0.717) is 18.3 Å². The molecular formula is C24H41NO3. The van der Waals surface area contributed by atoms with Crippen molar-refractivity contribution in [2.75, 3.05) is 7.11 Å². The SMILES string of the molecule is C=C1CCC2(CC)C(OC)C(C3(C)CCC(O)CC3CCC(N)=O)CCC12C. The summed E-state index contributed by atoms with van der Waals surface area (Å²) in [6.45, 7) is 11.6. The maximum absolute atomic E-state index is 11.5. The Kier molecular flexibility index (Phi) is 6.05.